The summed E-state index contributed by atoms with van der Waals surface area (Å²) >= 11 is 0. The molecule has 0 atom stereocenters. The van der Waals surface area contributed by atoms with Gasteiger partial charge in [0.05, 0.1) is 4.90 Å². The van der Waals surface area contributed by atoms with Gasteiger partial charge in [0, 0.05) is 11.3 Å². The fraction of sp³-hybridized carbons (Fsp3) is 0.300. The molecule has 4 nitrogen and oxygen atoms in total. The molecular formula is C10H11NO3S. The third kappa shape index (κ3) is 1.07. The van der Waals surface area contributed by atoms with Gasteiger partial charge < -0.3 is 5.73 Å². The number of nitrogens with two attached hydrogens (primary N) is 1. The Labute approximate surface area is 88.0 Å². The van der Waals surface area contributed by atoms with Crippen LogP contribution in [0.15, 0.2) is 23.1 Å². The number of sulfone groups is 1. The van der Waals surface area contributed by atoms with E-state index in [0.717, 1.165) is 0 Å². The Hall–Kier alpha value is -1.36. The zero-order chi connectivity index (χ0) is 11.4. The van der Waals surface area contributed by atoms with E-state index in [1.807, 2.05) is 0 Å². The Morgan fingerprint density at radius 1 is 1.27 bits per heavy atom. The van der Waals surface area contributed by atoms with E-state index in [0.29, 0.717) is 5.69 Å². The molecule has 2 N–H and O–H groups in total. The first-order valence-electron chi connectivity index (χ1n) is 4.47. The number of anilines is 1. The molecule has 0 aromatic heterocycles. The van der Waals surface area contributed by atoms with Crippen molar-refractivity contribution in [2.45, 2.75) is 23.5 Å². The third-order valence-corrected chi connectivity index (χ3v) is 5.22. The standard InChI is InChI=1S/C10H11NO3S/c1-10(2)9(12)7-5-6(11)3-4-8(7)15(10,13)14/h3-5H,11H2,1-2H3. The Kier molecular flexibility index (Phi) is 1.77. The maximum atomic E-state index is 12.0. The first-order chi connectivity index (χ1) is 6.78. The molecule has 1 aromatic rings. The van der Waals surface area contributed by atoms with Crippen LogP contribution in [-0.2, 0) is 9.84 Å². The average molecular weight is 225 g/mol. The van der Waals surface area contributed by atoms with Crippen molar-refractivity contribution in [3.05, 3.63) is 23.8 Å². The number of benzene rings is 1. The van der Waals surface area contributed by atoms with Crippen LogP contribution in [0.5, 0.6) is 0 Å². The molecule has 0 saturated heterocycles. The second kappa shape index (κ2) is 2.61. The smallest absolute Gasteiger partial charge is 0.191 e. The molecular weight excluding hydrogens is 214 g/mol. The van der Waals surface area contributed by atoms with E-state index >= 15 is 0 Å². The SMILES string of the molecule is CC1(C)C(=O)c2cc(N)ccc2S1(=O)=O. The Bertz CT molecular complexity index is 558. The summed E-state index contributed by atoms with van der Waals surface area (Å²) in [5.74, 6) is -0.384. The number of Topliss-reactive ketones (excluding diaryl/α,β-unsaturated/α-hetero) is 1. The third-order valence-electron chi connectivity index (χ3n) is 2.76. The second-order valence-corrected chi connectivity index (χ2v) is 6.57. The van der Waals surface area contributed by atoms with Crippen LogP contribution in [0.25, 0.3) is 0 Å². The largest absolute Gasteiger partial charge is 0.399 e. The molecule has 1 heterocycles. The van der Waals surface area contributed by atoms with Crippen LogP contribution in [0.4, 0.5) is 5.69 Å². The Balaban J connectivity index is 2.87. The summed E-state index contributed by atoms with van der Waals surface area (Å²) in [4.78, 5) is 11.9. The molecule has 0 bridgehead atoms. The van der Waals surface area contributed by atoms with Gasteiger partial charge in [0.25, 0.3) is 0 Å². The number of nitrogen functional groups attached to an aromatic ring is 1. The molecule has 15 heavy (non-hydrogen) atoms. The van der Waals surface area contributed by atoms with E-state index in [9.17, 15) is 13.2 Å². The van der Waals surface area contributed by atoms with Crippen LogP contribution < -0.4 is 5.73 Å². The van der Waals surface area contributed by atoms with Crippen molar-refractivity contribution in [1.82, 2.24) is 0 Å². The first kappa shape index (κ1) is 10.2. The Morgan fingerprint density at radius 3 is 2.47 bits per heavy atom. The molecule has 0 unspecified atom stereocenters. The first-order valence-corrected chi connectivity index (χ1v) is 5.96. The number of rotatable bonds is 0. The van der Waals surface area contributed by atoms with Crippen LogP contribution >= 0.6 is 0 Å². The number of hydrogen-bond acceptors (Lipinski definition) is 4. The van der Waals surface area contributed by atoms with Gasteiger partial charge in [-0.3, -0.25) is 4.79 Å². The zero-order valence-electron chi connectivity index (χ0n) is 8.44. The van der Waals surface area contributed by atoms with Crippen LogP contribution in [0.3, 0.4) is 0 Å². The van der Waals surface area contributed by atoms with E-state index in [2.05, 4.69) is 0 Å². The maximum absolute atomic E-state index is 12.0. The molecule has 1 aliphatic rings. The summed E-state index contributed by atoms with van der Waals surface area (Å²) < 4.78 is 22.6. The van der Waals surface area contributed by atoms with Crippen LogP contribution in [-0.4, -0.2) is 18.9 Å². The number of ketones is 1. The van der Waals surface area contributed by atoms with E-state index in [-0.39, 0.29) is 16.2 Å². The lowest BCUT2D eigenvalue weighted by Gasteiger charge is -2.13. The van der Waals surface area contributed by atoms with Gasteiger partial charge in [-0.2, -0.15) is 0 Å². The summed E-state index contributed by atoms with van der Waals surface area (Å²) in [6, 6.07) is 4.31. The summed E-state index contributed by atoms with van der Waals surface area (Å²) in [6.07, 6.45) is 0. The lowest BCUT2D eigenvalue weighted by molar-refractivity contribution is 0.0959. The van der Waals surface area contributed by atoms with Crippen LogP contribution in [0.1, 0.15) is 24.2 Å². The number of fused-ring (bicyclic) bond motifs is 1. The van der Waals surface area contributed by atoms with E-state index < -0.39 is 14.6 Å². The predicted molar refractivity (Wildman–Crippen MR) is 56.4 cm³/mol. The van der Waals surface area contributed by atoms with Crippen molar-refractivity contribution in [2.75, 3.05) is 5.73 Å². The van der Waals surface area contributed by atoms with Crippen molar-refractivity contribution in [3.8, 4) is 0 Å². The van der Waals surface area contributed by atoms with Gasteiger partial charge in [0.1, 0.15) is 4.75 Å². The van der Waals surface area contributed by atoms with E-state index in [1.165, 1.54) is 32.0 Å². The van der Waals surface area contributed by atoms with Crippen molar-refractivity contribution in [2.24, 2.45) is 0 Å². The van der Waals surface area contributed by atoms with E-state index in [1.54, 1.807) is 0 Å². The normalized spacial score (nSPS) is 21.3. The molecule has 0 radical (unpaired) electrons. The minimum Gasteiger partial charge on any atom is -0.399 e. The fourth-order valence-electron chi connectivity index (χ4n) is 1.68. The molecule has 5 heteroatoms. The van der Waals surface area contributed by atoms with Gasteiger partial charge >= 0.3 is 0 Å². The summed E-state index contributed by atoms with van der Waals surface area (Å²) in [7, 11) is -3.55. The van der Waals surface area contributed by atoms with Crippen LogP contribution in [0.2, 0.25) is 0 Å². The summed E-state index contributed by atoms with van der Waals surface area (Å²) in [5.41, 5.74) is 6.13. The van der Waals surface area contributed by atoms with Crippen molar-refractivity contribution in [3.63, 3.8) is 0 Å². The quantitative estimate of drug-likeness (QED) is 0.669. The summed E-state index contributed by atoms with van der Waals surface area (Å²) in [5, 5.41) is 0. The van der Waals surface area contributed by atoms with Gasteiger partial charge in [-0.1, -0.05) is 0 Å². The fourth-order valence-corrected chi connectivity index (χ4v) is 3.27. The highest BCUT2D eigenvalue weighted by atomic mass is 32.2. The molecule has 0 fully saturated rings. The van der Waals surface area contributed by atoms with Gasteiger partial charge in [-0.15, -0.1) is 0 Å². The molecule has 2 rings (SSSR count). The number of carbonyl (C=O) groups excluding carboxylic acids is 1. The van der Waals surface area contributed by atoms with Gasteiger partial charge in [-0.05, 0) is 32.0 Å². The molecule has 0 amide bonds. The molecule has 0 saturated carbocycles. The average Bonchev–Trinajstić information content (AvgIpc) is 2.26. The topological polar surface area (TPSA) is 77.2 Å². The highest BCUT2D eigenvalue weighted by Gasteiger charge is 2.51. The predicted octanol–water partition coefficient (Wildman–Crippen LogP) is 1.02. The highest BCUT2D eigenvalue weighted by Crippen LogP contribution is 2.39. The maximum Gasteiger partial charge on any atom is 0.191 e. The molecule has 0 spiro atoms. The number of hydrogen-bond donors (Lipinski definition) is 1. The zero-order valence-corrected chi connectivity index (χ0v) is 9.26. The lowest BCUT2D eigenvalue weighted by Crippen LogP contribution is -2.33. The van der Waals surface area contributed by atoms with Crippen molar-refractivity contribution >= 4 is 21.3 Å². The Morgan fingerprint density at radius 2 is 1.87 bits per heavy atom. The van der Waals surface area contributed by atoms with Gasteiger partial charge in [-0.25, -0.2) is 8.42 Å². The monoisotopic (exact) mass is 225 g/mol. The lowest BCUT2D eigenvalue weighted by atomic mass is 10.0. The van der Waals surface area contributed by atoms with Crippen molar-refractivity contribution in [1.29, 1.82) is 0 Å². The van der Waals surface area contributed by atoms with Gasteiger partial charge in [0.15, 0.2) is 15.6 Å². The highest BCUT2D eigenvalue weighted by molar-refractivity contribution is 7.94. The van der Waals surface area contributed by atoms with Crippen molar-refractivity contribution < 1.29 is 13.2 Å². The minimum atomic E-state index is -3.55. The van der Waals surface area contributed by atoms with E-state index in [4.69, 9.17) is 5.73 Å². The summed E-state index contributed by atoms with van der Waals surface area (Å²) in [6.45, 7) is 2.84. The number of carbonyl (C=O) groups is 1. The molecule has 1 aliphatic heterocycles. The molecule has 80 valence electrons. The minimum absolute atomic E-state index is 0.0895. The molecule has 0 aliphatic carbocycles. The molecule has 1 aromatic carbocycles. The van der Waals surface area contributed by atoms with Crippen LogP contribution in [0, 0.1) is 0 Å². The second-order valence-electron chi connectivity index (χ2n) is 4.10. The van der Waals surface area contributed by atoms with Gasteiger partial charge in [0.2, 0.25) is 0 Å².